The molecule has 0 radical (unpaired) electrons. The van der Waals surface area contributed by atoms with Crippen LogP contribution >= 0.6 is 0 Å². The van der Waals surface area contributed by atoms with Crippen LogP contribution in [-0.2, 0) is 6.54 Å². The van der Waals surface area contributed by atoms with Gasteiger partial charge in [0.15, 0.2) is 11.5 Å². The summed E-state index contributed by atoms with van der Waals surface area (Å²) < 4.78 is 17.7. The molecular weight excluding hydrogens is 383 g/mol. The number of carbonyl (C=O) groups is 1. The molecule has 1 aromatic carbocycles. The minimum atomic E-state index is -0.396. The summed E-state index contributed by atoms with van der Waals surface area (Å²) in [6.07, 6.45) is 3.64. The topological polar surface area (TPSA) is 77.6 Å². The molecular formula is C22H21FN6O. The Morgan fingerprint density at radius 3 is 2.77 bits per heavy atom. The minimum absolute atomic E-state index is 0.280. The predicted octanol–water partition coefficient (Wildman–Crippen LogP) is 4.21. The average molecular weight is 404 g/mol. The molecule has 4 aromatic rings. The van der Waals surface area contributed by atoms with Crippen LogP contribution in [-0.4, -0.2) is 30.5 Å². The lowest BCUT2D eigenvalue weighted by atomic mass is 10.1. The first-order valence-electron chi connectivity index (χ1n) is 10.0. The van der Waals surface area contributed by atoms with Crippen LogP contribution < -0.4 is 5.32 Å². The summed E-state index contributed by atoms with van der Waals surface area (Å²) in [6.45, 7) is 4.67. The molecule has 1 amide bonds. The van der Waals surface area contributed by atoms with Crippen LogP contribution in [0.15, 0.2) is 42.6 Å². The third kappa shape index (κ3) is 3.14. The lowest BCUT2D eigenvalue weighted by Crippen LogP contribution is -2.14. The molecule has 1 saturated carbocycles. The highest BCUT2D eigenvalue weighted by Crippen LogP contribution is 2.40. The zero-order valence-electron chi connectivity index (χ0n) is 16.8. The van der Waals surface area contributed by atoms with Gasteiger partial charge in [-0.3, -0.25) is 9.48 Å². The first-order chi connectivity index (χ1) is 14.5. The molecule has 1 fully saturated rings. The zero-order chi connectivity index (χ0) is 20.8. The lowest BCUT2D eigenvalue weighted by molar-refractivity contribution is 0.102. The predicted molar refractivity (Wildman–Crippen MR) is 111 cm³/mol. The van der Waals surface area contributed by atoms with Crippen LogP contribution in [0.1, 0.15) is 47.4 Å². The number of nitrogens with zero attached hydrogens (tertiary/aromatic N) is 5. The van der Waals surface area contributed by atoms with E-state index in [1.54, 1.807) is 24.4 Å². The molecule has 8 heteroatoms. The summed E-state index contributed by atoms with van der Waals surface area (Å²) in [5, 5.41) is 12.2. The van der Waals surface area contributed by atoms with Crippen molar-refractivity contribution in [2.24, 2.45) is 0 Å². The van der Waals surface area contributed by atoms with Crippen LogP contribution in [0.2, 0.25) is 0 Å². The Morgan fingerprint density at radius 1 is 1.27 bits per heavy atom. The molecule has 7 nitrogen and oxygen atoms in total. The van der Waals surface area contributed by atoms with Gasteiger partial charge in [-0.25, -0.2) is 14.1 Å². The highest BCUT2D eigenvalue weighted by atomic mass is 19.1. The van der Waals surface area contributed by atoms with Crippen molar-refractivity contribution in [3.63, 3.8) is 0 Å². The smallest absolute Gasteiger partial charge is 0.257 e. The van der Waals surface area contributed by atoms with Crippen molar-refractivity contribution >= 4 is 22.8 Å². The molecule has 1 N–H and O–H groups in total. The summed E-state index contributed by atoms with van der Waals surface area (Å²) in [6, 6.07) is 10.1. The number of carbonyl (C=O) groups excluding carboxylic acids is 1. The van der Waals surface area contributed by atoms with Crippen LogP contribution in [0.4, 0.5) is 10.2 Å². The van der Waals surface area contributed by atoms with Gasteiger partial charge < -0.3 is 5.32 Å². The van der Waals surface area contributed by atoms with Crippen LogP contribution in [0.3, 0.4) is 0 Å². The number of aromatic nitrogens is 5. The zero-order valence-corrected chi connectivity index (χ0v) is 16.8. The molecule has 3 heterocycles. The van der Waals surface area contributed by atoms with E-state index in [0.717, 1.165) is 30.8 Å². The Bertz CT molecular complexity index is 1270. The van der Waals surface area contributed by atoms with Crippen molar-refractivity contribution in [1.29, 1.82) is 0 Å². The highest BCUT2D eigenvalue weighted by molar-refractivity contribution is 6.11. The number of para-hydroxylation sites is 1. The van der Waals surface area contributed by atoms with Crippen LogP contribution in [0.25, 0.3) is 16.7 Å². The van der Waals surface area contributed by atoms with Gasteiger partial charge >= 0.3 is 0 Å². The van der Waals surface area contributed by atoms with Gasteiger partial charge in [-0.15, -0.1) is 0 Å². The number of fused-ring (bicyclic) bond motifs is 1. The van der Waals surface area contributed by atoms with E-state index in [4.69, 9.17) is 4.98 Å². The van der Waals surface area contributed by atoms with E-state index in [0.29, 0.717) is 34.0 Å². The maximum absolute atomic E-state index is 14.4. The molecule has 0 bridgehead atoms. The van der Waals surface area contributed by atoms with E-state index in [9.17, 15) is 9.18 Å². The van der Waals surface area contributed by atoms with Crippen LogP contribution in [0.5, 0.6) is 0 Å². The van der Waals surface area contributed by atoms with Crippen molar-refractivity contribution in [3.05, 3.63) is 65.4 Å². The van der Waals surface area contributed by atoms with Gasteiger partial charge in [-0.05, 0) is 44.9 Å². The summed E-state index contributed by atoms with van der Waals surface area (Å²) >= 11 is 0. The molecule has 30 heavy (non-hydrogen) atoms. The van der Waals surface area contributed by atoms with Crippen molar-refractivity contribution in [2.75, 3.05) is 5.32 Å². The van der Waals surface area contributed by atoms with Crippen molar-refractivity contribution in [2.45, 2.75) is 39.2 Å². The Labute approximate surface area is 172 Å². The standard InChI is InChI=1S/C22H21FN6O/c1-3-28-13(2)10-20(27-28)26-22(30)15-11-18(14-8-9-14)25-21-16(15)12-24-29(21)19-7-5-4-6-17(19)23/h4-7,10-12,14H,3,8-9H2,1-2H3,(H,26,27,30). The first kappa shape index (κ1) is 18.5. The molecule has 152 valence electrons. The molecule has 1 aliphatic carbocycles. The molecule has 0 spiro atoms. The summed E-state index contributed by atoms with van der Waals surface area (Å²) in [5.74, 6) is 0.149. The number of nitrogens with one attached hydrogen (secondary N) is 1. The van der Waals surface area contributed by atoms with Gasteiger partial charge in [-0.2, -0.15) is 10.2 Å². The summed E-state index contributed by atoms with van der Waals surface area (Å²) in [4.78, 5) is 17.9. The maximum atomic E-state index is 14.4. The van der Waals surface area contributed by atoms with Gasteiger partial charge in [-0.1, -0.05) is 12.1 Å². The number of aryl methyl sites for hydroxylation is 2. The van der Waals surface area contributed by atoms with Gasteiger partial charge in [0, 0.05) is 29.9 Å². The monoisotopic (exact) mass is 404 g/mol. The number of hydrogen-bond donors (Lipinski definition) is 1. The first-order valence-corrected chi connectivity index (χ1v) is 10.0. The van der Waals surface area contributed by atoms with Crippen molar-refractivity contribution in [1.82, 2.24) is 24.5 Å². The van der Waals surface area contributed by atoms with E-state index in [1.165, 1.54) is 10.7 Å². The average Bonchev–Trinajstić information content (AvgIpc) is 3.41. The Balaban J connectivity index is 1.60. The molecule has 0 unspecified atom stereocenters. The molecule has 3 aromatic heterocycles. The summed E-state index contributed by atoms with van der Waals surface area (Å²) in [5.41, 5.74) is 3.05. The maximum Gasteiger partial charge on any atom is 0.257 e. The molecule has 0 saturated heterocycles. The fourth-order valence-electron chi connectivity index (χ4n) is 3.67. The molecule has 0 atom stereocenters. The van der Waals surface area contributed by atoms with Gasteiger partial charge in [0.05, 0.1) is 17.1 Å². The second kappa shape index (κ2) is 7.05. The second-order valence-electron chi connectivity index (χ2n) is 7.55. The lowest BCUT2D eigenvalue weighted by Gasteiger charge is -2.09. The Kier molecular flexibility index (Phi) is 4.34. The van der Waals surface area contributed by atoms with Crippen molar-refractivity contribution in [3.8, 4) is 5.69 Å². The van der Waals surface area contributed by atoms with Crippen molar-refractivity contribution < 1.29 is 9.18 Å². The third-order valence-electron chi connectivity index (χ3n) is 5.40. The number of benzene rings is 1. The van der Waals surface area contributed by atoms with E-state index in [2.05, 4.69) is 15.5 Å². The van der Waals surface area contributed by atoms with E-state index >= 15 is 0 Å². The molecule has 5 rings (SSSR count). The van der Waals surface area contributed by atoms with Gasteiger partial charge in [0.2, 0.25) is 0 Å². The van der Waals surface area contributed by atoms with Gasteiger partial charge in [0.25, 0.3) is 5.91 Å². The summed E-state index contributed by atoms with van der Waals surface area (Å²) in [7, 11) is 0. The number of halogens is 1. The largest absolute Gasteiger partial charge is 0.305 e. The number of pyridine rings is 1. The normalized spacial score (nSPS) is 13.7. The van der Waals surface area contributed by atoms with E-state index in [-0.39, 0.29) is 5.91 Å². The third-order valence-corrected chi connectivity index (χ3v) is 5.40. The van der Waals surface area contributed by atoms with Crippen LogP contribution in [0, 0.1) is 12.7 Å². The van der Waals surface area contributed by atoms with E-state index < -0.39 is 5.82 Å². The minimum Gasteiger partial charge on any atom is -0.305 e. The number of anilines is 1. The van der Waals surface area contributed by atoms with E-state index in [1.807, 2.05) is 30.7 Å². The second-order valence-corrected chi connectivity index (χ2v) is 7.55. The Hall–Kier alpha value is -3.55. The number of rotatable bonds is 5. The van der Waals surface area contributed by atoms with Gasteiger partial charge in [0.1, 0.15) is 11.5 Å². The fraction of sp³-hybridized carbons (Fsp3) is 0.273. The Morgan fingerprint density at radius 2 is 2.07 bits per heavy atom. The molecule has 0 aliphatic heterocycles. The number of amides is 1. The molecule has 1 aliphatic rings. The quantitative estimate of drug-likeness (QED) is 0.540. The highest BCUT2D eigenvalue weighted by Gasteiger charge is 2.28. The fourth-order valence-corrected chi connectivity index (χ4v) is 3.67. The SMILES string of the molecule is CCn1nc(NC(=O)c2cc(C3CC3)nc3c2cnn3-c2ccccc2F)cc1C. The number of hydrogen-bond acceptors (Lipinski definition) is 4.